The van der Waals surface area contributed by atoms with Gasteiger partial charge in [0, 0.05) is 20.2 Å². The molecule has 0 amide bonds. The normalized spacial score (nSPS) is 30.1. The van der Waals surface area contributed by atoms with Gasteiger partial charge in [-0.3, -0.25) is 0 Å². The van der Waals surface area contributed by atoms with Gasteiger partial charge in [-0.05, 0) is 26.3 Å². The minimum Gasteiger partial charge on any atom is -0.384 e. The van der Waals surface area contributed by atoms with Gasteiger partial charge in [0.05, 0.1) is 12.0 Å². The zero-order valence-corrected chi connectivity index (χ0v) is 12.4. The number of hydrogen-bond donors (Lipinski definition) is 1. The summed E-state index contributed by atoms with van der Waals surface area (Å²) in [6.07, 6.45) is 5.39. The molecular formula is C14H24N4O2. The van der Waals surface area contributed by atoms with Gasteiger partial charge in [-0.15, -0.1) is 0 Å². The van der Waals surface area contributed by atoms with Crippen molar-refractivity contribution in [2.75, 3.05) is 33.9 Å². The minimum absolute atomic E-state index is 0.0721. The highest BCUT2D eigenvalue weighted by Crippen LogP contribution is 2.40. The first-order valence-corrected chi connectivity index (χ1v) is 7.39. The van der Waals surface area contributed by atoms with Crippen molar-refractivity contribution >= 4 is 0 Å². The summed E-state index contributed by atoms with van der Waals surface area (Å²) < 4.78 is 10.9. The summed E-state index contributed by atoms with van der Waals surface area (Å²) in [5, 5.41) is 4.24. The summed E-state index contributed by atoms with van der Waals surface area (Å²) in [5.41, 5.74) is 5.87. The Labute approximate surface area is 119 Å². The fourth-order valence-corrected chi connectivity index (χ4v) is 3.61. The Balaban J connectivity index is 1.86. The number of aromatic nitrogens is 2. The predicted molar refractivity (Wildman–Crippen MR) is 74.3 cm³/mol. The van der Waals surface area contributed by atoms with Crippen molar-refractivity contribution in [1.29, 1.82) is 0 Å². The number of likely N-dealkylation sites (tertiary alicyclic amines) is 1. The quantitative estimate of drug-likeness (QED) is 0.887. The number of rotatable bonds is 4. The monoisotopic (exact) mass is 280 g/mol. The van der Waals surface area contributed by atoms with Crippen LogP contribution in [-0.2, 0) is 15.7 Å². The molecule has 112 valence electrons. The van der Waals surface area contributed by atoms with E-state index in [0.717, 1.165) is 38.2 Å². The Kier molecular flexibility index (Phi) is 3.56. The van der Waals surface area contributed by atoms with Gasteiger partial charge in [-0.25, -0.2) is 0 Å². The van der Waals surface area contributed by atoms with Crippen LogP contribution in [0.5, 0.6) is 0 Å². The van der Waals surface area contributed by atoms with Crippen LogP contribution in [-0.4, -0.2) is 48.9 Å². The topological polar surface area (TPSA) is 77.4 Å². The third-order valence-electron chi connectivity index (χ3n) is 4.80. The van der Waals surface area contributed by atoms with E-state index in [1.807, 2.05) is 0 Å². The Morgan fingerprint density at radius 3 is 2.70 bits per heavy atom. The van der Waals surface area contributed by atoms with Crippen LogP contribution in [0.4, 0.5) is 0 Å². The summed E-state index contributed by atoms with van der Waals surface area (Å²) >= 11 is 0. The van der Waals surface area contributed by atoms with Crippen molar-refractivity contribution < 1.29 is 9.26 Å². The van der Waals surface area contributed by atoms with Crippen molar-refractivity contribution in [2.45, 2.75) is 43.1 Å². The molecule has 1 saturated carbocycles. The molecule has 1 saturated heterocycles. The molecule has 3 rings (SSSR count). The molecule has 20 heavy (non-hydrogen) atoms. The van der Waals surface area contributed by atoms with E-state index in [9.17, 15) is 0 Å². The summed E-state index contributed by atoms with van der Waals surface area (Å²) in [5.74, 6) is 1.37. The van der Waals surface area contributed by atoms with Crippen LogP contribution in [0.25, 0.3) is 0 Å². The Morgan fingerprint density at radius 2 is 2.10 bits per heavy atom. The molecule has 6 heteroatoms. The van der Waals surface area contributed by atoms with Crippen LogP contribution in [0.15, 0.2) is 4.52 Å². The lowest BCUT2D eigenvalue weighted by atomic mass is 9.86. The molecule has 0 radical (unpaired) electrons. The average molecular weight is 280 g/mol. The molecule has 1 aliphatic carbocycles. The molecule has 0 bridgehead atoms. The van der Waals surface area contributed by atoms with Crippen molar-refractivity contribution in [3.8, 4) is 0 Å². The smallest absolute Gasteiger partial charge is 0.248 e. The molecule has 2 N–H and O–H groups in total. The minimum atomic E-state index is -0.493. The third kappa shape index (κ3) is 2.25. The largest absolute Gasteiger partial charge is 0.384 e. The van der Waals surface area contributed by atoms with E-state index in [-0.39, 0.29) is 5.41 Å². The SMILES string of the molecule is COCC1(c2noc(C3(N)CCN(C)C3)n2)CCCC1. The maximum Gasteiger partial charge on any atom is 0.248 e. The van der Waals surface area contributed by atoms with Gasteiger partial charge in [0.15, 0.2) is 5.82 Å². The van der Waals surface area contributed by atoms with Crippen molar-refractivity contribution in [1.82, 2.24) is 15.0 Å². The van der Waals surface area contributed by atoms with Crippen LogP contribution in [0.1, 0.15) is 43.8 Å². The molecule has 0 aromatic carbocycles. The maximum atomic E-state index is 6.43. The molecular weight excluding hydrogens is 256 g/mol. The summed E-state index contributed by atoms with van der Waals surface area (Å²) in [6.45, 7) is 2.40. The predicted octanol–water partition coefficient (Wildman–Crippen LogP) is 1.02. The molecule has 1 unspecified atom stereocenters. The highest BCUT2D eigenvalue weighted by atomic mass is 16.5. The van der Waals surface area contributed by atoms with Crippen molar-refractivity contribution in [3.05, 3.63) is 11.7 Å². The van der Waals surface area contributed by atoms with Gasteiger partial charge in [0.1, 0.15) is 5.54 Å². The fraction of sp³-hybridized carbons (Fsp3) is 0.857. The van der Waals surface area contributed by atoms with E-state index in [2.05, 4.69) is 22.1 Å². The Morgan fingerprint density at radius 1 is 1.35 bits per heavy atom. The van der Waals surface area contributed by atoms with E-state index < -0.39 is 5.54 Å². The van der Waals surface area contributed by atoms with Crippen molar-refractivity contribution in [3.63, 3.8) is 0 Å². The summed E-state index contributed by atoms with van der Waals surface area (Å²) in [4.78, 5) is 6.86. The lowest BCUT2D eigenvalue weighted by Gasteiger charge is -2.24. The Hall–Kier alpha value is -0.980. The number of likely N-dealkylation sites (N-methyl/N-ethyl adjacent to an activating group) is 1. The lowest BCUT2D eigenvalue weighted by molar-refractivity contribution is 0.125. The first kappa shape index (κ1) is 14.0. The van der Waals surface area contributed by atoms with E-state index in [1.54, 1.807) is 7.11 Å². The van der Waals surface area contributed by atoms with E-state index in [1.165, 1.54) is 12.8 Å². The number of nitrogens with two attached hydrogens (primary N) is 1. The molecule has 1 aliphatic heterocycles. The first-order chi connectivity index (χ1) is 9.58. The van der Waals surface area contributed by atoms with Crippen molar-refractivity contribution in [2.24, 2.45) is 5.73 Å². The number of nitrogens with zero attached hydrogens (tertiary/aromatic N) is 3. The second-order valence-electron chi connectivity index (χ2n) is 6.49. The maximum absolute atomic E-state index is 6.43. The van der Waals surface area contributed by atoms with E-state index in [0.29, 0.717) is 12.5 Å². The highest BCUT2D eigenvalue weighted by Gasteiger charge is 2.44. The summed E-state index contributed by atoms with van der Waals surface area (Å²) in [6, 6.07) is 0. The fourth-order valence-electron chi connectivity index (χ4n) is 3.61. The van der Waals surface area contributed by atoms with Crippen LogP contribution in [0, 0.1) is 0 Å². The molecule has 0 spiro atoms. The number of hydrogen-bond acceptors (Lipinski definition) is 6. The zero-order chi connectivity index (χ0) is 14.2. The van der Waals surface area contributed by atoms with Gasteiger partial charge in [0.25, 0.3) is 0 Å². The summed E-state index contributed by atoms with van der Waals surface area (Å²) in [7, 11) is 3.80. The first-order valence-electron chi connectivity index (χ1n) is 7.39. The van der Waals surface area contributed by atoms with Gasteiger partial charge < -0.3 is 19.9 Å². The standard InChI is InChI=1S/C14H24N4O2/c1-18-8-7-14(15,9-18)12-16-11(17-20-12)13(10-19-2)5-3-4-6-13/h3-10,15H2,1-2H3. The molecule has 1 aromatic rings. The van der Waals surface area contributed by atoms with E-state index >= 15 is 0 Å². The average Bonchev–Trinajstić information content (AvgIpc) is 3.10. The van der Waals surface area contributed by atoms with Crippen LogP contribution in [0.2, 0.25) is 0 Å². The van der Waals surface area contributed by atoms with Gasteiger partial charge in [-0.2, -0.15) is 4.98 Å². The lowest BCUT2D eigenvalue weighted by Crippen LogP contribution is -2.39. The second-order valence-corrected chi connectivity index (χ2v) is 6.49. The third-order valence-corrected chi connectivity index (χ3v) is 4.80. The van der Waals surface area contributed by atoms with Gasteiger partial charge >= 0.3 is 0 Å². The van der Waals surface area contributed by atoms with E-state index in [4.69, 9.17) is 15.0 Å². The highest BCUT2D eigenvalue weighted by molar-refractivity contribution is 5.14. The van der Waals surface area contributed by atoms with Gasteiger partial charge in [0.2, 0.25) is 5.89 Å². The van der Waals surface area contributed by atoms with Gasteiger partial charge in [-0.1, -0.05) is 18.0 Å². The molecule has 2 aliphatic rings. The zero-order valence-electron chi connectivity index (χ0n) is 12.4. The molecule has 2 fully saturated rings. The molecule has 1 atom stereocenters. The molecule has 6 nitrogen and oxygen atoms in total. The van der Waals surface area contributed by atoms with Crippen LogP contribution < -0.4 is 5.73 Å². The Bertz CT molecular complexity index is 469. The molecule has 2 heterocycles. The van der Waals surface area contributed by atoms with Crippen LogP contribution >= 0.6 is 0 Å². The second kappa shape index (κ2) is 5.09. The number of ether oxygens (including phenoxy) is 1. The van der Waals surface area contributed by atoms with Crippen LogP contribution in [0.3, 0.4) is 0 Å². The number of methoxy groups -OCH3 is 1. The molecule has 1 aromatic heterocycles.